The fraction of sp³-hybridized carbons (Fsp3) is 0.176. The smallest absolute Gasteiger partial charge is 0.249 e. The highest BCUT2D eigenvalue weighted by Crippen LogP contribution is 2.18. The Morgan fingerprint density at radius 2 is 2.25 bits per heavy atom. The number of nitriles is 1. The average molecular weight is 341 g/mol. The zero-order valence-corrected chi connectivity index (χ0v) is 14.0. The Labute approximate surface area is 143 Å². The zero-order valence-electron chi connectivity index (χ0n) is 13.1. The second-order valence-electron chi connectivity index (χ2n) is 4.81. The third-order valence-electron chi connectivity index (χ3n) is 3.07. The standard InChI is InChI=1S/C17H15N3O3S/c1-11-19-13(10-24-11)6-7-16(21)15(9-18)17(22)20-12-4-3-5-14(8-12)23-2/h3-8,10,15H,1-2H3,(H,20,22)/b7-6+. The van der Waals surface area contributed by atoms with Gasteiger partial charge in [0.15, 0.2) is 11.7 Å². The van der Waals surface area contributed by atoms with Crippen molar-refractivity contribution < 1.29 is 14.3 Å². The third-order valence-corrected chi connectivity index (χ3v) is 3.86. The summed E-state index contributed by atoms with van der Waals surface area (Å²) < 4.78 is 5.06. The Balaban J connectivity index is 2.06. The van der Waals surface area contributed by atoms with E-state index in [4.69, 9.17) is 10.00 Å². The molecule has 122 valence electrons. The summed E-state index contributed by atoms with van der Waals surface area (Å²) in [6.45, 7) is 1.85. The van der Waals surface area contributed by atoms with Crippen molar-refractivity contribution >= 4 is 34.8 Å². The fourth-order valence-electron chi connectivity index (χ4n) is 1.89. The number of aromatic nitrogens is 1. The van der Waals surface area contributed by atoms with E-state index in [2.05, 4.69) is 10.3 Å². The molecule has 1 aromatic heterocycles. The molecule has 1 amide bonds. The molecule has 1 heterocycles. The van der Waals surface area contributed by atoms with Crippen LogP contribution in [-0.4, -0.2) is 23.8 Å². The number of carbonyl (C=O) groups excluding carboxylic acids is 2. The monoisotopic (exact) mass is 341 g/mol. The molecular formula is C17H15N3O3S. The molecule has 0 bridgehead atoms. The van der Waals surface area contributed by atoms with E-state index in [9.17, 15) is 9.59 Å². The molecule has 1 aromatic carbocycles. The van der Waals surface area contributed by atoms with Gasteiger partial charge in [0.1, 0.15) is 5.75 Å². The van der Waals surface area contributed by atoms with Crippen LogP contribution >= 0.6 is 11.3 Å². The van der Waals surface area contributed by atoms with E-state index in [-0.39, 0.29) is 0 Å². The van der Waals surface area contributed by atoms with E-state index in [1.54, 1.807) is 35.7 Å². The molecule has 0 aliphatic carbocycles. The summed E-state index contributed by atoms with van der Waals surface area (Å²) >= 11 is 1.45. The largest absolute Gasteiger partial charge is 0.497 e. The third kappa shape index (κ3) is 4.51. The lowest BCUT2D eigenvalue weighted by molar-refractivity contribution is -0.126. The maximum atomic E-state index is 12.2. The highest BCUT2D eigenvalue weighted by molar-refractivity contribution is 7.09. The normalized spacial score (nSPS) is 11.7. The quantitative estimate of drug-likeness (QED) is 0.644. The first-order chi connectivity index (χ1) is 11.5. The lowest BCUT2D eigenvalue weighted by Gasteiger charge is -2.09. The highest BCUT2D eigenvalue weighted by atomic mass is 32.1. The van der Waals surface area contributed by atoms with Crippen molar-refractivity contribution in [2.75, 3.05) is 12.4 Å². The van der Waals surface area contributed by atoms with E-state index in [0.717, 1.165) is 5.01 Å². The van der Waals surface area contributed by atoms with Crippen LogP contribution in [0.3, 0.4) is 0 Å². The summed E-state index contributed by atoms with van der Waals surface area (Å²) in [5.74, 6) is -2.14. The van der Waals surface area contributed by atoms with Gasteiger partial charge in [0.05, 0.1) is 23.9 Å². The molecule has 2 rings (SSSR count). The van der Waals surface area contributed by atoms with Crippen molar-refractivity contribution in [2.45, 2.75) is 6.92 Å². The molecule has 0 fully saturated rings. The van der Waals surface area contributed by atoms with Crippen molar-refractivity contribution in [2.24, 2.45) is 5.92 Å². The van der Waals surface area contributed by atoms with Gasteiger partial charge >= 0.3 is 0 Å². The second-order valence-corrected chi connectivity index (χ2v) is 5.87. The molecule has 6 nitrogen and oxygen atoms in total. The van der Waals surface area contributed by atoms with Gasteiger partial charge in [-0.05, 0) is 31.2 Å². The summed E-state index contributed by atoms with van der Waals surface area (Å²) in [7, 11) is 1.51. The van der Waals surface area contributed by atoms with Gasteiger partial charge in [-0.25, -0.2) is 4.98 Å². The van der Waals surface area contributed by atoms with E-state index in [1.807, 2.05) is 6.92 Å². The Morgan fingerprint density at radius 1 is 1.46 bits per heavy atom. The first-order valence-corrected chi connectivity index (χ1v) is 7.90. The number of anilines is 1. The first kappa shape index (κ1) is 17.4. The predicted octanol–water partition coefficient (Wildman–Crippen LogP) is 2.82. The number of ketones is 1. The maximum absolute atomic E-state index is 12.2. The Kier molecular flexibility index (Phi) is 5.82. The average Bonchev–Trinajstić information content (AvgIpc) is 2.99. The Hall–Kier alpha value is -2.98. The zero-order chi connectivity index (χ0) is 17.5. The number of hydrogen-bond donors (Lipinski definition) is 1. The summed E-state index contributed by atoms with van der Waals surface area (Å²) in [6.07, 6.45) is 2.70. The lowest BCUT2D eigenvalue weighted by Crippen LogP contribution is -2.27. The van der Waals surface area contributed by atoms with Gasteiger partial charge in [-0.2, -0.15) is 5.26 Å². The van der Waals surface area contributed by atoms with E-state index in [0.29, 0.717) is 17.1 Å². The van der Waals surface area contributed by atoms with Crippen LogP contribution in [0, 0.1) is 24.2 Å². The van der Waals surface area contributed by atoms with E-state index in [1.165, 1.54) is 30.6 Å². The van der Waals surface area contributed by atoms with Gasteiger partial charge in [-0.1, -0.05) is 6.07 Å². The van der Waals surface area contributed by atoms with Crippen LogP contribution in [0.2, 0.25) is 0 Å². The number of aryl methyl sites for hydroxylation is 1. The molecular weight excluding hydrogens is 326 g/mol. The van der Waals surface area contributed by atoms with Crippen LogP contribution in [-0.2, 0) is 9.59 Å². The summed E-state index contributed by atoms with van der Waals surface area (Å²) in [5, 5.41) is 14.3. The Bertz CT molecular complexity index is 820. The number of carbonyl (C=O) groups is 2. The summed E-state index contributed by atoms with van der Waals surface area (Å²) in [6, 6.07) is 8.40. The number of nitrogens with zero attached hydrogens (tertiary/aromatic N) is 2. The molecule has 1 unspecified atom stereocenters. The van der Waals surface area contributed by atoms with Gasteiger partial charge in [0.2, 0.25) is 5.91 Å². The molecule has 1 atom stereocenters. The van der Waals surface area contributed by atoms with Gasteiger partial charge in [-0.15, -0.1) is 11.3 Å². The van der Waals surface area contributed by atoms with E-state index >= 15 is 0 Å². The molecule has 0 saturated carbocycles. The van der Waals surface area contributed by atoms with Crippen LogP contribution in [0.25, 0.3) is 6.08 Å². The highest BCUT2D eigenvalue weighted by Gasteiger charge is 2.24. The SMILES string of the molecule is COc1cccc(NC(=O)C(C#N)C(=O)/C=C/c2csc(C)n2)c1. The number of nitrogens with one attached hydrogen (secondary N) is 1. The minimum atomic E-state index is -1.42. The fourth-order valence-corrected chi connectivity index (χ4v) is 2.47. The van der Waals surface area contributed by atoms with Crippen molar-refractivity contribution in [3.63, 3.8) is 0 Å². The second kappa shape index (κ2) is 8.04. The van der Waals surface area contributed by atoms with Gasteiger partial charge in [-0.3, -0.25) is 9.59 Å². The van der Waals surface area contributed by atoms with Gasteiger partial charge in [0.25, 0.3) is 0 Å². The van der Waals surface area contributed by atoms with Crippen LogP contribution in [0.4, 0.5) is 5.69 Å². The summed E-state index contributed by atoms with van der Waals surface area (Å²) in [4.78, 5) is 28.4. The molecule has 7 heteroatoms. The maximum Gasteiger partial charge on any atom is 0.249 e. The number of allylic oxidation sites excluding steroid dienone is 1. The van der Waals surface area contributed by atoms with Crippen LogP contribution in [0.15, 0.2) is 35.7 Å². The number of amides is 1. The first-order valence-electron chi connectivity index (χ1n) is 7.02. The molecule has 0 spiro atoms. The van der Waals surface area contributed by atoms with Crippen LogP contribution in [0.5, 0.6) is 5.75 Å². The number of ether oxygens (including phenoxy) is 1. The number of hydrogen-bond acceptors (Lipinski definition) is 6. The van der Waals surface area contributed by atoms with Crippen LogP contribution < -0.4 is 10.1 Å². The van der Waals surface area contributed by atoms with Crippen molar-refractivity contribution in [3.8, 4) is 11.8 Å². The molecule has 0 aliphatic rings. The van der Waals surface area contributed by atoms with Gasteiger partial charge in [0, 0.05) is 17.1 Å². The number of thiazole rings is 1. The van der Waals surface area contributed by atoms with Crippen molar-refractivity contribution in [1.29, 1.82) is 5.26 Å². The molecule has 0 aliphatic heterocycles. The topological polar surface area (TPSA) is 92.1 Å². The number of methoxy groups -OCH3 is 1. The number of benzene rings is 1. The molecule has 0 radical (unpaired) electrons. The number of rotatable bonds is 6. The molecule has 1 N–H and O–H groups in total. The Morgan fingerprint density at radius 3 is 2.88 bits per heavy atom. The molecule has 2 aromatic rings. The van der Waals surface area contributed by atoms with Crippen molar-refractivity contribution in [3.05, 3.63) is 46.4 Å². The molecule has 0 saturated heterocycles. The van der Waals surface area contributed by atoms with E-state index < -0.39 is 17.6 Å². The van der Waals surface area contributed by atoms with Crippen LogP contribution in [0.1, 0.15) is 10.7 Å². The minimum absolute atomic E-state index is 0.450. The molecule has 24 heavy (non-hydrogen) atoms. The lowest BCUT2D eigenvalue weighted by atomic mass is 10.0. The van der Waals surface area contributed by atoms with Crippen molar-refractivity contribution in [1.82, 2.24) is 4.98 Å². The summed E-state index contributed by atoms with van der Waals surface area (Å²) in [5.41, 5.74) is 1.07. The minimum Gasteiger partial charge on any atom is -0.497 e. The van der Waals surface area contributed by atoms with Gasteiger partial charge < -0.3 is 10.1 Å². The predicted molar refractivity (Wildman–Crippen MR) is 91.6 cm³/mol.